The third kappa shape index (κ3) is 4.07. The second kappa shape index (κ2) is 7.51. The van der Waals surface area contributed by atoms with Gasteiger partial charge in [0.2, 0.25) is 0 Å². The SMILES string of the molecule is COc1ccccc1C(=O)NC1CCN(c2cc(C)nc(C)n2)CC1. The monoisotopic (exact) mass is 340 g/mol. The summed E-state index contributed by atoms with van der Waals surface area (Å²) in [6.45, 7) is 5.63. The van der Waals surface area contributed by atoms with Crippen LogP contribution in [-0.2, 0) is 0 Å². The Balaban J connectivity index is 1.60. The van der Waals surface area contributed by atoms with E-state index >= 15 is 0 Å². The van der Waals surface area contributed by atoms with E-state index in [1.54, 1.807) is 19.2 Å². The van der Waals surface area contributed by atoms with Gasteiger partial charge in [-0.2, -0.15) is 0 Å². The number of hydrogen-bond acceptors (Lipinski definition) is 5. The van der Waals surface area contributed by atoms with E-state index in [2.05, 4.69) is 20.2 Å². The highest BCUT2D eigenvalue weighted by molar-refractivity contribution is 5.97. The lowest BCUT2D eigenvalue weighted by Crippen LogP contribution is -2.45. The van der Waals surface area contributed by atoms with Gasteiger partial charge in [0.1, 0.15) is 17.4 Å². The largest absolute Gasteiger partial charge is 0.496 e. The van der Waals surface area contributed by atoms with Crippen molar-refractivity contribution >= 4 is 11.7 Å². The first kappa shape index (κ1) is 17.2. The minimum Gasteiger partial charge on any atom is -0.496 e. The number of nitrogens with zero attached hydrogens (tertiary/aromatic N) is 3. The van der Waals surface area contributed by atoms with Gasteiger partial charge in [-0.05, 0) is 38.8 Å². The second-order valence-electron chi connectivity index (χ2n) is 6.35. The second-order valence-corrected chi connectivity index (χ2v) is 6.35. The molecule has 1 N–H and O–H groups in total. The average molecular weight is 340 g/mol. The lowest BCUT2D eigenvalue weighted by Gasteiger charge is -2.33. The summed E-state index contributed by atoms with van der Waals surface area (Å²) in [5.41, 5.74) is 1.56. The number of para-hydroxylation sites is 1. The van der Waals surface area contributed by atoms with E-state index in [1.807, 2.05) is 32.0 Å². The summed E-state index contributed by atoms with van der Waals surface area (Å²) in [7, 11) is 1.58. The number of piperidine rings is 1. The van der Waals surface area contributed by atoms with Crippen molar-refractivity contribution in [3.63, 3.8) is 0 Å². The van der Waals surface area contributed by atoms with Crippen molar-refractivity contribution in [3.8, 4) is 5.75 Å². The van der Waals surface area contributed by atoms with Gasteiger partial charge in [-0.3, -0.25) is 4.79 Å². The zero-order valence-corrected chi connectivity index (χ0v) is 15.0. The van der Waals surface area contributed by atoms with E-state index in [0.29, 0.717) is 11.3 Å². The third-order valence-electron chi connectivity index (χ3n) is 4.46. The molecule has 1 amide bonds. The van der Waals surface area contributed by atoms with E-state index in [0.717, 1.165) is 43.3 Å². The standard InChI is InChI=1S/C19H24N4O2/c1-13-12-18(21-14(2)20-13)23-10-8-15(9-11-23)22-19(24)16-6-4-5-7-17(16)25-3/h4-7,12,15H,8-11H2,1-3H3,(H,22,24). The molecule has 6 nitrogen and oxygen atoms in total. The molecule has 132 valence electrons. The molecular formula is C19H24N4O2. The Morgan fingerprint density at radius 1 is 1.20 bits per heavy atom. The van der Waals surface area contributed by atoms with Gasteiger partial charge in [0.05, 0.1) is 12.7 Å². The number of anilines is 1. The molecule has 1 aromatic carbocycles. The first-order chi connectivity index (χ1) is 12.1. The zero-order chi connectivity index (χ0) is 17.8. The molecule has 0 saturated carbocycles. The number of benzene rings is 1. The molecule has 1 aliphatic heterocycles. The van der Waals surface area contributed by atoms with Crippen LogP contribution in [0.5, 0.6) is 5.75 Å². The van der Waals surface area contributed by atoms with Crippen LogP contribution >= 0.6 is 0 Å². The Hall–Kier alpha value is -2.63. The van der Waals surface area contributed by atoms with Gasteiger partial charge in [-0.25, -0.2) is 9.97 Å². The van der Waals surface area contributed by atoms with Crippen molar-refractivity contribution in [2.24, 2.45) is 0 Å². The van der Waals surface area contributed by atoms with E-state index in [9.17, 15) is 4.79 Å². The number of ether oxygens (including phenoxy) is 1. The normalized spacial score (nSPS) is 15.1. The third-order valence-corrected chi connectivity index (χ3v) is 4.46. The van der Waals surface area contributed by atoms with Gasteiger partial charge in [0.25, 0.3) is 5.91 Å². The van der Waals surface area contributed by atoms with Crippen molar-refractivity contribution in [2.45, 2.75) is 32.7 Å². The highest BCUT2D eigenvalue weighted by Crippen LogP contribution is 2.21. The van der Waals surface area contributed by atoms with Gasteiger partial charge < -0.3 is 15.0 Å². The van der Waals surface area contributed by atoms with Crippen LogP contribution in [-0.4, -0.2) is 42.1 Å². The molecule has 1 aromatic heterocycles. The summed E-state index contributed by atoms with van der Waals surface area (Å²) >= 11 is 0. The van der Waals surface area contributed by atoms with Gasteiger partial charge in [0.15, 0.2) is 0 Å². The topological polar surface area (TPSA) is 67.3 Å². The minimum absolute atomic E-state index is 0.0791. The lowest BCUT2D eigenvalue weighted by molar-refractivity contribution is 0.0928. The Bertz CT molecular complexity index is 735. The number of carbonyl (C=O) groups excluding carboxylic acids is 1. The fourth-order valence-corrected chi connectivity index (χ4v) is 3.21. The van der Waals surface area contributed by atoms with Crippen molar-refractivity contribution in [1.82, 2.24) is 15.3 Å². The maximum atomic E-state index is 12.5. The number of carbonyl (C=O) groups is 1. The fourth-order valence-electron chi connectivity index (χ4n) is 3.21. The van der Waals surface area contributed by atoms with Crippen molar-refractivity contribution in [2.75, 3.05) is 25.1 Å². The minimum atomic E-state index is -0.0791. The summed E-state index contributed by atoms with van der Waals surface area (Å²) in [6.07, 6.45) is 1.78. The number of nitrogens with one attached hydrogen (secondary N) is 1. The lowest BCUT2D eigenvalue weighted by atomic mass is 10.0. The molecule has 0 radical (unpaired) electrons. The molecule has 1 fully saturated rings. The zero-order valence-electron chi connectivity index (χ0n) is 15.0. The molecule has 0 spiro atoms. The number of methoxy groups -OCH3 is 1. The van der Waals surface area contributed by atoms with Crippen LogP contribution in [0.15, 0.2) is 30.3 Å². The Morgan fingerprint density at radius 2 is 1.92 bits per heavy atom. The molecule has 0 aliphatic carbocycles. The van der Waals surface area contributed by atoms with Gasteiger partial charge in [-0.1, -0.05) is 12.1 Å². The van der Waals surface area contributed by atoms with Crippen molar-refractivity contribution < 1.29 is 9.53 Å². The summed E-state index contributed by atoms with van der Waals surface area (Å²) in [5, 5.41) is 3.13. The van der Waals surface area contributed by atoms with E-state index in [1.165, 1.54) is 0 Å². The molecule has 1 saturated heterocycles. The quantitative estimate of drug-likeness (QED) is 0.926. The molecule has 3 rings (SSSR count). The Morgan fingerprint density at radius 3 is 2.60 bits per heavy atom. The Labute approximate surface area is 148 Å². The molecule has 2 aromatic rings. The van der Waals surface area contributed by atoms with E-state index in [-0.39, 0.29) is 11.9 Å². The van der Waals surface area contributed by atoms with E-state index < -0.39 is 0 Å². The summed E-state index contributed by atoms with van der Waals surface area (Å²) in [5.74, 6) is 2.29. The number of rotatable bonds is 4. The molecule has 1 aliphatic rings. The molecule has 0 unspecified atom stereocenters. The summed E-state index contributed by atoms with van der Waals surface area (Å²) < 4.78 is 5.27. The maximum Gasteiger partial charge on any atom is 0.255 e. The van der Waals surface area contributed by atoms with Crippen LogP contribution in [0.3, 0.4) is 0 Å². The summed E-state index contributed by atoms with van der Waals surface area (Å²) in [6, 6.07) is 9.48. The maximum absolute atomic E-state index is 12.5. The Kier molecular flexibility index (Phi) is 5.16. The van der Waals surface area contributed by atoms with Gasteiger partial charge >= 0.3 is 0 Å². The molecular weight excluding hydrogens is 316 g/mol. The fraction of sp³-hybridized carbons (Fsp3) is 0.421. The molecule has 25 heavy (non-hydrogen) atoms. The van der Waals surface area contributed by atoms with Gasteiger partial charge in [-0.15, -0.1) is 0 Å². The average Bonchev–Trinajstić information content (AvgIpc) is 2.61. The van der Waals surface area contributed by atoms with Crippen LogP contribution in [0.4, 0.5) is 5.82 Å². The number of aromatic nitrogens is 2. The molecule has 2 heterocycles. The summed E-state index contributed by atoms with van der Waals surface area (Å²) in [4.78, 5) is 23.6. The first-order valence-corrected chi connectivity index (χ1v) is 8.58. The van der Waals surface area contributed by atoms with Crippen LogP contribution < -0.4 is 15.0 Å². The highest BCUT2D eigenvalue weighted by Gasteiger charge is 2.23. The molecule has 6 heteroatoms. The number of aryl methyl sites for hydroxylation is 2. The van der Waals surface area contributed by atoms with Crippen molar-refractivity contribution in [3.05, 3.63) is 47.4 Å². The smallest absolute Gasteiger partial charge is 0.255 e. The highest BCUT2D eigenvalue weighted by atomic mass is 16.5. The predicted octanol–water partition coefficient (Wildman–Crippen LogP) is 2.50. The van der Waals surface area contributed by atoms with Crippen molar-refractivity contribution in [1.29, 1.82) is 0 Å². The van der Waals surface area contributed by atoms with Gasteiger partial charge in [0, 0.05) is 30.9 Å². The van der Waals surface area contributed by atoms with Crippen LogP contribution in [0.25, 0.3) is 0 Å². The van der Waals surface area contributed by atoms with Crippen LogP contribution in [0.2, 0.25) is 0 Å². The van der Waals surface area contributed by atoms with Crippen LogP contribution in [0, 0.1) is 13.8 Å². The van der Waals surface area contributed by atoms with Crippen LogP contribution in [0.1, 0.15) is 34.7 Å². The van der Waals surface area contributed by atoms with E-state index in [4.69, 9.17) is 4.74 Å². The number of amides is 1. The number of hydrogen-bond donors (Lipinski definition) is 1. The molecule has 0 bridgehead atoms. The molecule has 0 atom stereocenters. The predicted molar refractivity (Wildman–Crippen MR) is 97.2 cm³/mol. The first-order valence-electron chi connectivity index (χ1n) is 8.58.